The molecule has 2 rings (SSSR count). The summed E-state index contributed by atoms with van der Waals surface area (Å²) < 4.78 is 5.50. The summed E-state index contributed by atoms with van der Waals surface area (Å²) in [7, 11) is 0. The number of rotatable bonds is 3. The van der Waals surface area contributed by atoms with E-state index in [0.717, 1.165) is 17.9 Å². The summed E-state index contributed by atoms with van der Waals surface area (Å²) >= 11 is 0. The predicted octanol–water partition coefficient (Wildman–Crippen LogP) is 1.41. The van der Waals surface area contributed by atoms with Gasteiger partial charge in [0, 0.05) is 0 Å². The summed E-state index contributed by atoms with van der Waals surface area (Å²) in [6.45, 7) is 2.81. The van der Waals surface area contributed by atoms with Gasteiger partial charge in [-0.25, -0.2) is 0 Å². The van der Waals surface area contributed by atoms with Crippen molar-refractivity contribution in [2.75, 3.05) is 18.5 Å². The summed E-state index contributed by atoms with van der Waals surface area (Å²) in [6, 6.07) is 6.16. The van der Waals surface area contributed by atoms with Gasteiger partial charge >= 0.3 is 0 Å². The number of para-hydroxylation sites is 1. The number of aliphatic hydroxyl groups is 1. The zero-order valence-corrected chi connectivity index (χ0v) is 8.29. The maximum Gasteiger partial charge on any atom is 0.142 e. The van der Waals surface area contributed by atoms with Crippen molar-refractivity contribution in [3.8, 4) is 5.75 Å². The van der Waals surface area contributed by atoms with Crippen molar-refractivity contribution in [2.24, 2.45) is 0 Å². The molecule has 1 aliphatic heterocycles. The van der Waals surface area contributed by atoms with Gasteiger partial charge in [-0.15, -0.1) is 0 Å². The monoisotopic (exact) mass is 193 g/mol. The molecule has 1 aromatic carbocycles. The van der Waals surface area contributed by atoms with Gasteiger partial charge in [0.05, 0.1) is 24.9 Å². The summed E-state index contributed by atoms with van der Waals surface area (Å²) in [5, 5.41) is 12.3. The average Bonchev–Trinajstić information content (AvgIpc) is 2.62. The molecule has 1 aromatic rings. The molecule has 2 N–H and O–H groups in total. The molecule has 1 heterocycles. The number of fused-ring (bicyclic) bond motifs is 1. The van der Waals surface area contributed by atoms with E-state index in [1.807, 2.05) is 19.1 Å². The molecule has 0 saturated heterocycles. The highest BCUT2D eigenvalue weighted by Crippen LogP contribution is 2.34. The van der Waals surface area contributed by atoms with Gasteiger partial charge in [-0.1, -0.05) is 12.1 Å². The Balaban J connectivity index is 2.26. The van der Waals surface area contributed by atoms with Gasteiger partial charge in [-0.3, -0.25) is 0 Å². The topological polar surface area (TPSA) is 41.5 Å². The van der Waals surface area contributed by atoms with E-state index in [4.69, 9.17) is 9.84 Å². The minimum Gasteiger partial charge on any atom is -0.492 e. The first-order valence-corrected chi connectivity index (χ1v) is 4.97. The number of hydrogen-bond acceptors (Lipinski definition) is 3. The summed E-state index contributed by atoms with van der Waals surface area (Å²) in [4.78, 5) is 0. The molecule has 3 nitrogen and oxygen atoms in total. The molecule has 76 valence electrons. The van der Waals surface area contributed by atoms with Gasteiger partial charge in [0.1, 0.15) is 5.75 Å². The van der Waals surface area contributed by atoms with Gasteiger partial charge in [-0.2, -0.15) is 0 Å². The van der Waals surface area contributed by atoms with Gasteiger partial charge in [0.15, 0.2) is 0 Å². The minimum absolute atomic E-state index is 0.145. The number of ether oxygens (including phenoxy) is 1. The van der Waals surface area contributed by atoms with E-state index in [9.17, 15) is 0 Å². The van der Waals surface area contributed by atoms with Crippen molar-refractivity contribution in [1.29, 1.82) is 0 Å². The van der Waals surface area contributed by atoms with Crippen molar-refractivity contribution >= 4 is 5.69 Å². The molecule has 0 saturated carbocycles. The lowest BCUT2D eigenvalue weighted by atomic mass is 10.1. The van der Waals surface area contributed by atoms with Crippen LogP contribution in [0.4, 0.5) is 5.69 Å². The Bertz CT molecular complexity index is 325. The third kappa shape index (κ3) is 1.55. The normalized spacial score (nSPS) is 18.9. The van der Waals surface area contributed by atoms with Crippen LogP contribution in [0.3, 0.4) is 0 Å². The van der Waals surface area contributed by atoms with Crippen molar-refractivity contribution in [1.82, 2.24) is 0 Å². The molecular weight excluding hydrogens is 178 g/mol. The van der Waals surface area contributed by atoms with Crippen LogP contribution in [0.5, 0.6) is 5.75 Å². The quantitative estimate of drug-likeness (QED) is 0.762. The highest BCUT2D eigenvalue weighted by molar-refractivity contribution is 5.66. The Morgan fingerprint density at radius 3 is 3.14 bits per heavy atom. The van der Waals surface area contributed by atoms with Crippen molar-refractivity contribution in [3.05, 3.63) is 23.8 Å². The van der Waals surface area contributed by atoms with E-state index in [1.165, 1.54) is 5.56 Å². The van der Waals surface area contributed by atoms with Gasteiger partial charge in [0.2, 0.25) is 0 Å². The summed E-state index contributed by atoms with van der Waals surface area (Å²) in [5.41, 5.74) is 2.28. The number of nitrogens with one attached hydrogen (secondary N) is 1. The summed E-state index contributed by atoms with van der Waals surface area (Å²) in [6.07, 6.45) is 0.882. The molecule has 0 aromatic heterocycles. The van der Waals surface area contributed by atoms with E-state index in [1.54, 1.807) is 0 Å². The van der Waals surface area contributed by atoms with Crippen molar-refractivity contribution in [2.45, 2.75) is 19.4 Å². The first kappa shape index (κ1) is 9.34. The maximum absolute atomic E-state index is 9.06. The number of hydrogen-bond donors (Lipinski definition) is 2. The molecule has 14 heavy (non-hydrogen) atoms. The Hall–Kier alpha value is -1.22. The van der Waals surface area contributed by atoms with Crippen LogP contribution in [0.1, 0.15) is 12.5 Å². The zero-order valence-electron chi connectivity index (χ0n) is 8.29. The molecule has 3 heteroatoms. The first-order valence-electron chi connectivity index (χ1n) is 4.97. The third-order valence-corrected chi connectivity index (χ3v) is 2.45. The van der Waals surface area contributed by atoms with Crippen LogP contribution < -0.4 is 10.1 Å². The molecule has 1 aliphatic rings. The fraction of sp³-hybridized carbons (Fsp3) is 0.455. The van der Waals surface area contributed by atoms with Crippen LogP contribution in [0, 0.1) is 0 Å². The largest absolute Gasteiger partial charge is 0.492 e. The second-order valence-electron chi connectivity index (χ2n) is 3.45. The fourth-order valence-electron chi connectivity index (χ4n) is 1.82. The average molecular weight is 193 g/mol. The molecule has 0 fully saturated rings. The predicted molar refractivity (Wildman–Crippen MR) is 55.8 cm³/mol. The fourth-order valence-corrected chi connectivity index (χ4v) is 1.82. The SMILES string of the molecule is CCOc1cccc2c1NC(CO)C2. The third-order valence-electron chi connectivity index (χ3n) is 2.45. The molecule has 0 amide bonds. The summed E-state index contributed by atoms with van der Waals surface area (Å²) in [5.74, 6) is 0.890. The lowest BCUT2D eigenvalue weighted by Gasteiger charge is -2.10. The van der Waals surface area contributed by atoms with E-state index >= 15 is 0 Å². The van der Waals surface area contributed by atoms with Crippen LogP contribution in [0.15, 0.2) is 18.2 Å². The van der Waals surface area contributed by atoms with E-state index in [0.29, 0.717) is 6.61 Å². The first-order chi connectivity index (χ1) is 6.85. The Kier molecular flexibility index (Phi) is 2.59. The lowest BCUT2D eigenvalue weighted by molar-refractivity contribution is 0.276. The van der Waals surface area contributed by atoms with Crippen LogP contribution in [0.25, 0.3) is 0 Å². The van der Waals surface area contributed by atoms with E-state index in [-0.39, 0.29) is 12.6 Å². The standard InChI is InChI=1S/C11H15NO2/c1-2-14-10-5-3-4-8-6-9(7-13)12-11(8)10/h3-5,9,12-13H,2,6-7H2,1H3. The molecule has 1 atom stereocenters. The van der Waals surface area contributed by atoms with Gasteiger partial charge < -0.3 is 15.2 Å². The smallest absolute Gasteiger partial charge is 0.142 e. The number of anilines is 1. The van der Waals surface area contributed by atoms with Crippen molar-refractivity contribution < 1.29 is 9.84 Å². The highest BCUT2D eigenvalue weighted by atomic mass is 16.5. The highest BCUT2D eigenvalue weighted by Gasteiger charge is 2.22. The second kappa shape index (κ2) is 3.88. The number of aliphatic hydroxyl groups excluding tert-OH is 1. The maximum atomic E-state index is 9.06. The Labute approximate surface area is 83.7 Å². The molecule has 0 aliphatic carbocycles. The number of benzene rings is 1. The molecule has 1 unspecified atom stereocenters. The van der Waals surface area contributed by atoms with Gasteiger partial charge in [-0.05, 0) is 25.0 Å². The van der Waals surface area contributed by atoms with Gasteiger partial charge in [0.25, 0.3) is 0 Å². The Morgan fingerprint density at radius 1 is 1.57 bits per heavy atom. The Morgan fingerprint density at radius 2 is 2.43 bits per heavy atom. The van der Waals surface area contributed by atoms with Crippen molar-refractivity contribution in [3.63, 3.8) is 0 Å². The van der Waals surface area contributed by atoms with Crippen LogP contribution in [0.2, 0.25) is 0 Å². The van der Waals surface area contributed by atoms with Crippen LogP contribution in [-0.4, -0.2) is 24.4 Å². The molecule has 0 bridgehead atoms. The van der Waals surface area contributed by atoms with E-state index in [2.05, 4.69) is 11.4 Å². The van der Waals surface area contributed by atoms with Crippen LogP contribution in [-0.2, 0) is 6.42 Å². The van der Waals surface area contributed by atoms with Crippen LogP contribution >= 0.6 is 0 Å². The van der Waals surface area contributed by atoms with E-state index < -0.39 is 0 Å². The minimum atomic E-state index is 0.145. The molecule has 0 radical (unpaired) electrons. The zero-order chi connectivity index (χ0) is 9.97. The molecular formula is C11H15NO2. The molecule has 0 spiro atoms. The second-order valence-corrected chi connectivity index (χ2v) is 3.45. The lowest BCUT2D eigenvalue weighted by Crippen LogP contribution is -2.19.